The second-order valence-electron chi connectivity index (χ2n) is 2.88. The minimum absolute atomic E-state index is 0.867. The summed E-state index contributed by atoms with van der Waals surface area (Å²) in [5.41, 5.74) is 2.02. The molecule has 0 spiro atoms. The van der Waals surface area contributed by atoms with Gasteiger partial charge in [-0.1, -0.05) is 0 Å². The Kier molecular flexibility index (Phi) is 2.00. The number of ether oxygens (including phenoxy) is 1. The van der Waals surface area contributed by atoms with Crippen LogP contribution in [-0.2, 0) is 0 Å². The highest BCUT2D eigenvalue weighted by Gasteiger charge is 2.06. The van der Waals surface area contributed by atoms with Crippen LogP contribution in [0.25, 0.3) is 10.9 Å². The fraction of sp³-hybridized carbons (Fsp3) is 0.222. The zero-order valence-corrected chi connectivity index (χ0v) is 8.97. The first-order chi connectivity index (χ1) is 6.22. The van der Waals surface area contributed by atoms with E-state index in [4.69, 9.17) is 4.74 Å². The van der Waals surface area contributed by atoms with Gasteiger partial charge in [0.15, 0.2) is 0 Å². The molecule has 4 heteroatoms. The Morgan fingerprint density at radius 3 is 2.92 bits per heavy atom. The Hall–Kier alpha value is -1.03. The third-order valence-corrected chi connectivity index (χ3v) is 2.63. The van der Waals surface area contributed by atoms with Crippen molar-refractivity contribution >= 4 is 26.8 Å². The van der Waals surface area contributed by atoms with E-state index in [0.29, 0.717) is 0 Å². The predicted molar refractivity (Wildman–Crippen MR) is 55.1 cm³/mol. The zero-order valence-electron chi connectivity index (χ0n) is 7.39. The van der Waals surface area contributed by atoms with E-state index in [1.54, 1.807) is 7.11 Å². The van der Waals surface area contributed by atoms with E-state index in [9.17, 15) is 0 Å². The number of methoxy groups -OCH3 is 1. The van der Waals surface area contributed by atoms with Gasteiger partial charge < -0.3 is 4.74 Å². The van der Waals surface area contributed by atoms with Crippen LogP contribution in [-0.4, -0.2) is 17.3 Å². The lowest BCUT2D eigenvalue weighted by atomic mass is 10.1. The Bertz CT molecular complexity index is 450. The van der Waals surface area contributed by atoms with Crippen LogP contribution in [0.5, 0.6) is 5.75 Å². The topological polar surface area (TPSA) is 37.9 Å². The zero-order chi connectivity index (χ0) is 9.42. The molecule has 1 aromatic heterocycles. The molecule has 1 aromatic carbocycles. The summed E-state index contributed by atoms with van der Waals surface area (Å²) in [4.78, 5) is 0. The van der Waals surface area contributed by atoms with Crippen molar-refractivity contribution < 1.29 is 4.74 Å². The van der Waals surface area contributed by atoms with Gasteiger partial charge >= 0.3 is 0 Å². The molecule has 0 saturated heterocycles. The van der Waals surface area contributed by atoms with Crippen molar-refractivity contribution in [2.24, 2.45) is 0 Å². The lowest BCUT2D eigenvalue weighted by Crippen LogP contribution is -1.86. The van der Waals surface area contributed by atoms with Gasteiger partial charge in [-0.05, 0) is 34.5 Å². The summed E-state index contributed by atoms with van der Waals surface area (Å²) < 4.78 is 6.10. The third-order valence-electron chi connectivity index (χ3n) is 2.02. The molecular formula is C9H9BrN2O. The highest BCUT2D eigenvalue weighted by Crippen LogP contribution is 2.27. The highest BCUT2D eigenvalue weighted by molar-refractivity contribution is 9.10. The Balaban J connectivity index is 2.76. The summed E-state index contributed by atoms with van der Waals surface area (Å²) in [5.74, 6) is 0.867. The van der Waals surface area contributed by atoms with Crippen molar-refractivity contribution in [2.75, 3.05) is 7.11 Å². The molecule has 68 valence electrons. The molecule has 3 nitrogen and oxygen atoms in total. The van der Waals surface area contributed by atoms with E-state index in [2.05, 4.69) is 26.1 Å². The molecule has 0 unspecified atom stereocenters. The minimum Gasteiger partial charge on any atom is -0.496 e. The van der Waals surface area contributed by atoms with E-state index >= 15 is 0 Å². The molecule has 1 heterocycles. The molecule has 0 amide bonds. The molecule has 0 saturated carbocycles. The molecular weight excluding hydrogens is 232 g/mol. The molecule has 0 bridgehead atoms. The van der Waals surface area contributed by atoms with Crippen LogP contribution in [0, 0.1) is 6.92 Å². The van der Waals surface area contributed by atoms with E-state index in [0.717, 1.165) is 26.8 Å². The maximum Gasteiger partial charge on any atom is 0.124 e. The van der Waals surface area contributed by atoms with Crippen molar-refractivity contribution in [1.82, 2.24) is 10.2 Å². The Labute approximate surface area is 84.2 Å². The number of aromatic nitrogens is 2. The lowest BCUT2D eigenvalue weighted by Gasteiger charge is -2.02. The van der Waals surface area contributed by atoms with Crippen molar-refractivity contribution in [2.45, 2.75) is 6.92 Å². The Morgan fingerprint density at radius 1 is 1.46 bits per heavy atom. The predicted octanol–water partition coefficient (Wildman–Crippen LogP) is 2.64. The fourth-order valence-corrected chi connectivity index (χ4v) is 1.74. The first kappa shape index (κ1) is 8.56. The van der Waals surface area contributed by atoms with Gasteiger partial charge in [-0.15, -0.1) is 0 Å². The van der Waals surface area contributed by atoms with Gasteiger partial charge in [-0.3, -0.25) is 5.10 Å². The van der Waals surface area contributed by atoms with E-state index in [1.165, 1.54) is 0 Å². The van der Waals surface area contributed by atoms with E-state index < -0.39 is 0 Å². The highest BCUT2D eigenvalue weighted by atomic mass is 79.9. The molecule has 2 aromatic rings. The number of halogens is 1. The number of hydrogen-bond acceptors (Lipinski definition) is 2. The van der Waals surface area contributed by atoms with Crippen LogP contribution in [0.15, 0.2) is 16.7 Å². The molecule has 0 aliphatic heterocycles. The number of rotatable bonds is 1. The van der Waals surface area contributed by atoms with Gasteiger partial charge in [0.2, 0.25) is 0 Å². The second-order valence-corrected chi connectivity index (χ2v) is 3.67. The van der Waals surface area contributed by atoms with E-state index in [-0.39, 0.29) is 0 Å². The van der Waals surface area contributed by atoms with Crippen LogP contribution in [0.3, 0.4) is 0 Å². The number of nitrogens with zero attached hydrogens (tertiary/aromatic N) is 1. The van der Waals surface area contributed by atoms with Crippen molar-refractivity contribution in [3.63, 3.8) is 0 Å². The lowest BCUT2D eigenvalue weighted by molar-refractivity contribution is 0.412. The number of fused-ring (bicyclic) bond motifs is 1. The SMILES string of the molecule is COc1cc2n[nH]c(Br)c2cc1C. The van der Waals surface area contributed by atoms with Gasteiger partial charge in [-0.2, -0.15) is 5.10 Å². The summed E-state index contributed by atoms with van der Waals surface area (Å²) in [6.07, 6.45) is 0. The van der Waals surface area contributed by atoms with Gasteiger partial charge in [0.1, 0.15) is 10.4 Å². The maximum absolute atomic E-state index is 5.19. The summed E-state index contributed by atoms with van der Waals surface area (Å²) in [7, 11) is 1.66. The van der Waals surface area contributed by atoms with Gasteiger partial charge in [0, 0.05) is 11.5 Å². The summed E-state index contributed by atoms with van der Waals surface area (Å²) >= 11 is 3.39. The monoisotopic (exact) mass is 240 g/mol. The van der Waals surface area contributed by atoms with Crippen LogP contribution < -0.4 is 4.74 Å². The number of aromatic amines is 1. The number of aryl methyl sites for hydroxylation is 1. The van der Waals surface area contributed by atoms with Crippen LogP contribution in [0.2, 0.25) is 0 Å². The molecule has 2 rings (SSSR count). The quantitative estimate of drug-likeness (QED) is 0.833. The van der Waals surface area contributed by atoms with Crippen LogP contribution in [0.1, 0.15) is 5.56 Å². The molecule has 0 fully saturated rings. The first-order valence-electron chi connectivity index (χ1n) is 3.90. The first-order valence-corrected chi connectivity index (χ1v) is 4.70. The van der Waals surface area contributed by atoms with Crippen molar-refractivity contribution in [3.05, 3.63) is 22.3 Å². The number of benzene rings is 1. The summed E-state index contributed by atoms with van der Waals surface area (Å²) in [5, 5.41) is 8.06. The minimum atomic E-state index is 0.867. The molecule has 13 heavy (non-hydrogen) atoms. The van der Waals surface area contributed by atoms with Crippen LogP contribution in [0.4, 0.5) is 0 Å². The number of H-pyrrole nitrogens is 1. The fourth-order valence-electron chi connectivity index (χ4n) is 1.34. The number of nitrogens with one attached hydrogen (secondary N) is 1. The molecule has 0 radical (unpaired) electrons. The van der Waals surface area contributed by atoms with Crippen molar-refractivity contribution in [3.8, 4) is 5.75 Å². The molecule has 0 aliphatic carbocycles. The van der Waals surface area contributed by atoms with Gasteiger partial charge in [-0.25, -0.2) is 0 Å². The Morgan fingerprint density at radius 2 is 2.23 bits per heavy atom. The standard InChI is InChI=1S/C9H9BrN2O/c1-5-3-6-7(4-8(5)13-2)11-12-9(6)10/h3-4H,1-2H3,(H,11,12). The molecule has 0 atom stereocenters. The smallest absolute Gasteiger partial charge is 0.124 e. The third kappa shape index (κ3) is 1.31. The molecule has 1 N–H and O–H groups in total. The van der Waals surface area contributed by atoms with Gasteiger partial charge in [0.05, 0.1) is 12.6 Å². The van der Waals surface area contributed by atoms with Crippen LogP contribution >= 0.6 is 15.9 Å². The number of hydrogen-bond donors (Lipinski definition) is 1. The second kappa shape index (κ2) is 3.03. The van der Waals surface area contributed by atoms with Gasteiger partial charge in [0.25, 0.3) is 0 Å². The summed E-state index contributed by atoms with van der Waals surface area (Å²) in [6.45, 7) is 2.01. The molecule has 0 aliphatic rings. The maximum atomic E-state index is 5.19. The summed E-state index contributed by atoms with van der Waals surface area (Å²) in [6, 6.07) is 3.97. The largest absolute Gasteiger partial charge is 0.496 e. The average Bonchev–Trinajstić information content (AvgIpc) is 2.47. The van der Waals surface area contributed by atoms with E-state index in [1.807, 2.05) is 19.1 Å². The normalized spacial score (nSPS) is 10.7. The van der Waals surface area contributed by atoms with Crippen molar-refractivity contribution in [1.29, 1.82) is 0 Å². The average molecular weight is 241 g/mol.